The smallest absolute Gasteiger partial charge is 0.404 e. The molecular weight excluding hydrogens is 431 g/mol. The first kappa shape index (κ1) is 22.1. The van der Waals surface area contributed by atoms with Crippen LogP contribution in [0.3, 0.4) is 0 Å². The number of aromatic nitrogens is 2. The number of primary amides is 1. The van der Waals surface area contributed by atoms with E-state index in [9.17, 15) is 9.59 Å². The normalized spacial score (nSPS) is 15.5. The van der Waals surface area contributed by atoms with Crippen LogP contribution in [0.5, 0.6) is 5.75 Å². The van der Waals surface area contributed by atoms with Crippen LogP contribution in [0.2, 0.25) is 10.2 Å². The largest absolute Gasteiger partial charge is 0.495 e. The summed E-state index contributed by atoms with van der Waals surface area (Å²) in [6.07, 6.45) is 2.33. The van der Waals surface area contributed by atoms with Crippen molar-refractivity contribution in [2.75, 3.05) is 31.7 Å². The second kappa shape index (κ2) is 9.06. The summed E-state index contributed by atoms with van der Waals surface area (Å²) in [5.74, 6) is 0.604. The number of hydrogen-bond acceptors (Lipinski definition) is 7. The molecule has 3 rings (SSSR count). The number of carbonyl (C=O) groups is 2. The molecule has 8 nitrogen and oxygen atoms in total. The number of methoxy groups -OCH3 is 1. The van der Waals surface area contributed by atoms with E-state index in [1.807, 2.05) is 11.8 Å². The maximum Gasteiger partial charge on any atom is 0.404 e. The van der Waals surface area contributed by atoms with Crippen LogP contribution in [-0.4, -0.2) is 48.7 Å². The monoisotopic (exact) mass is 452 g/mol. The van der Waals surface area contributed by atoms with Crippen molar-refractivity contribution in [3.63, 3.8) is 0 Å². The number of anilines is 1. The Balaban J connectivity index is 1.72. The number of amides is 1. The first-order valence-corrected chi connectivity index (χ1v) is 10.1. The fraction of sp³-hybridized carbons (Fsp3) is 0.400. The van der Waals surface area contributed by atoms with Gasteiger partial charge >= 0.3 is 6.09 Å². The van der Waals surface area contributed by atoms with Gasteiger partial charge in [-0.2, -0.15) is 0 Å². The summed E-state index contributed by atoms with van der Waals surface area (Å²) in [4.78, 5) is 34.3. The third kappa shape index (κ3) is 4.94. The van der Waals surface area contributed by atoms with Crippen LogP contribution >= 0.6 is 23.2 Å². The molecule has 1 aromatic heterocycles. The second-order valence-electron chi connectivity index (χ2n) is 7.45. The number of benzene rings is 1. The lowest BCUT2D eigenvalue weighted by Crippen LogP contribution is -2.42. The highest BCUT2D eigenvalue weighted by atomic mass is 35.5. The van der Waals surface area contributed by atoms with E-state index >= 15 is 0 Å². The molecule has 0 unspecified atom stereocenters. The van der Waals surface area contributed by atoms with Crippen molar-refractivity contribution in [2.45, 2.75) is 19.8 Å². The van der Waals surface area contributed by atoms with E-state index in [1.165, 1.54) is 19.4 Å². The highest BCUT2D eigenvalue weighted by Crippen LogP contribution is 2.33. The Labute approximate surface area is 184 Å². The number of rotatable bonds is 6. The van der Waals surface area contributed by atoms with Crippen LogP contribution in [0.15, 0.2) is 24.4 Å². The number of piperidine rings is 1. The molecule has 2 N–H and O–H groups in total. The molecule has 1 fully saturated rings. The van der Waals surface area contributed by atoms with Gasteiger partial charge in [0.25, 0.3) is 0 Å². The number of carbonyl (C=O) groups excluding carboxylic acids is 2. The molecule has 2 aromatic rings. The van der Waals surface area contributed by atoms with Crippen LogP contribution in [0.25, 0.3) is 0 Å². The zero-order chi connectivity index (χ0) is 21.9. The fourth-order valence-corrected chi connectivity index (χ4v) is 3.68. The van der Waals surface area contributed by atoms with Crippen LogP contribution in [-0.2, 0) is 4.74 Å². The predicted molar refractivity (Wildman–Crippen MR) is 114 cm³/mol. The molecule has 0 radical (unpaired) electrons. The summed E-state index contributed by atoms with van der Waals surface area (Å²) >= 11 is 12.3. The number of hydrogen-bond donors (Lipinski definition) is 1. The van der Waals surface area contributed by atoms with Crippen molar-refractivity contribution in [1.29, 1.82) is 0 Å². The van der Waals surface area contributed by atoms with Crippen molar-refractivity contribution in [3.8, 4) is 5.75 Å². The van der Waals surface area contributed by atoms with Gasteiger partial charge in [-0.3, -0.25) is 4.79 Å². The highest BCUT2D eigenvalue weighted by molar-refractivity contribution is 6.34. The van der Waals surface area contributed by atoms with Gasteiger partial charge in [0.15, 0.2) is 5.15 Å². The number of halogens is 2. The zero-order valence-corrected chi connectivity index (χ0v) is 18.2. The minimum atomic E-state index is -0.769. The molecule has 1 aliphatic rings. The summed E-state index contributed by atoms with van der Waals surface area (Å²) in [6, 6.07) is 4.70. The molecule has 1 aliphatic heterocycles. The van der Waals surface area contributed by atoms with Crippen LogP contribution in [0, 0.1) is 5.41 Å². The Kier molecular flexibility index (Phi) is 6.67. The first-order chi connectivity index (χ1) is 14.2. The van der Waals surface area contributed by atoms with E-state index in [1.54, 1.807) is 12.1 Å². The third-order valence-electron chi connectivity index (χ3n) is 5.20. The Bertz CT molecular complexity index is 962. The molecule has 160 valence electrons. The van der Waals surface area contributed by atoms with Crippen LogP contribution in [0.4, 0.5) is 10.6 Å². The molecule has 0 bridgehead atoms. The standard InChI is InChI=1S/C20H22Cl2N4O4/c1-20(11-30-19(23)28)5-7-26(8-6-20)15-10-24-16(18(22)25-15)17(27)12-3-4-13(21)14(9-12)29-2/h3-4,9-10H,5-8,11H2,1-2H3,(H2,23,28). The van der Waals surface area contributed by atoms with E-state index in [0.29, 0.717) is 35.2 Å². The quantitative estimate of drug-likeness (QED) is 0.664. The molecule has 30 heavy (non-hydrogen) atoms. The Morgan fingerprint density at radius 2 is 1.97 bits per heavy atom. The molecule has 2 heterocycles. The SMILES string of the molecule is COc1cc(C(=O)c2ncc(N3CCC(C)(COC(N)=O)CC3)nc2Cl)ccc1Cl. The number of nitrogens with zero attached hydrogens (tertiary/aromatic N) is 3. The Hall–Kier alpha value is -2.58. The van der Waals surface area contributed by atoms with Gasteiger partial charge in [0.05, 0.1) is 24.9 Å². The Morgan fingerprint density at radius 1 is 1.27 bits per heavy atom. The molecule has 1 aromatic carbocycles. The topological polar surface area (TPSA) is 108 Å². The van der Waals surface area contributed by atoms with Crippen molar-refractivity contribution in [3.05, 3.63) is 45.8 Å². The zero-order valence-electron chi connectivity index (χ0n) is 16.7. The van der Waals surface area contributed by atoms with Crippen LogP contribution in [0.1, 0.15) is 35.8 Å². The highest BCUT2D eigenvalue weighted by Gasteiger charge is 2.32. The molecule has 10 heteroatoms. The summed E-state index contributed by atoms with van der Waals surface area (Å²) < 4.78 is 10.1. The Morgan fingerprint density at radius 3 is 2.57 bits per heavy atom. The van der Waals surface area contributed by atoms with Gasteiger partial charge in [0.2, 0.25) is 5.78 Å². The van der Waals surface area contributed by atoms with E-state index < -0.39 is 6.09 Å². The van der Waals surface area contributed by atoms with Gasteiger partial charge < -0.3 is 20.1 Å². The number of nitrogens with two attached hydrogens (primary N) is 1. The predicted octanol–water partition coefficient (Wildman–Crippen LogP) is 3.72. The molecule has 1 amide bonds. The summed E-state index contributed by atoms with van der Waals surface area (Å²) in [7, 11) is 1.47. The van der Waals surface area contributed by atoms with Gasteiger partial charge in [0, 0.05) is 24.1 Å². The molecule has 0 aliphatic carbocycles. The first-order valence-electron chi connectivity index (χ1n) is 9.30. The minimum absolute atomic E-state index is 0.0248. The summed E-state index contributed by atoms with van der Waals surface area (Å²) in [5.41, 5.74) is 5.32. The average molecular weight is 453 g/mol. The average Bonchev–Trinajstić information content (AvgIpc) is 2.73. The van der Waals surface area contributed by atoms with Crippen molar-refractivity contribution in [1.82, 2.24) is 9.97 Å². The van der Waals surface area contributed by atoms with Gasteiger partial charge in [-0.05, 0) is 31.0 Å². The maximum absolute atomic E-state index is 12.8. The molecule has 0 atom stereocenters. The molecule has 0 saturated carbocycles. The van der Waals surface area contributed by atoms with E-state index in [-0.39, 0.29) is 28.7 Å². The van der Waals surface area contributed by atoms with Crippen molar-refractivity contribution >= 4 is 40.9 Å². The van der Waals surface area contributed by atoms with Gasteiger partial charge in [0.1, 0.15) is 17.3 Å². The lowest BCUT2D eigenvalue weighted by molar-refractivity contribution is 0.0818. The number of ketones is 1. The molecule has 1 saturated heterocycles. The lowest BCUT2D eigenvalue weighted by atomic mass is 9.81. The maximum atomic E-state index is 12.8. The van der Waals surface area contributed by atoms with Gasteiger partial charge in [-0.1, -0.05) is 30.1 Å². The van der Waals surface area contributed by atoms with E-state index in [4.69, 9.17) is 38.4 Å². The molecular formula is C20H22Cl2N4O4. The minimum Gasteiger partial charge on any atom is -0.495 e. The summed E-state index contributed by atoms with van der Waals surface area (Å²) in [5, 5.41) is 0.428. The lowest BCUT2D eigenvalue weighted by Gasteiger charge is -2.39. The summed E-state index contributed by atoms with van der Waals surface area (Å²) in [6.45, 7) is 3.70. The second-order valence-corrected chi connectivity index (χ2v) is 8.22. The molecule has 0 spiro atoms. The van der Waals surface area contributed by atoms with Crippen molar-refractivity contribution in [2.24, 2.45) is 11.1 Å². The van der Waals surface area contributed by atoms with Gasteiger partial charge in [-0.15, -0.1) is 0 Å². The van der Waals surface area contributed by atoms with Gasteiger partial charge in [-0.25, -0.2) is 14.8 Å². The number of ether oxygens (including phenoxy) is 2. The third-order valence-corrected chi connectivity index (χ3v) is 5.78. The fourth-order valence-electron chi connectivity index (χ4n) is 3.27. The van der Waals surface area contributed by atoms with E-state index in [0.717, 1.165) is 12.8 Å². The van der Waals surface area contributed by atoms with E-state index in [2.05, 4.69) is 9.97 Å². The van der Waals surface area contributed by atoms with Crippen LogP contribution < -0.4 is 15.4 Å². The van der Waals surface area contributed by atoms with Crippen molar-refractivity contribution < 1.29 is 19.1 Å².